The molecule has 5 heteroatoms. The van der Waals surface area contributed by atoms with Crippen LogP contribution in [-0.4, -0.2) is 50.6 Å². The predicted molar refractivity (Wildman–Crippen MR) is 89.4 cm³/mol. The van der Waals surface area contributed by atoms with Gasteiger partial charge < -0.3 is 20.3 Å². The Morgan fingerprint density at radius 2 is 2.27 bits per heavy atom. The van der Waals surface area contributed by atoms with E-state index in [0.29, 0.717) is 6.61 Å². The molecule has 1 aliphatic rings. The second kappa shape index (κ2) is 8.76. The lowest BCUT2D eigenvalue weighted by Crippen LogP contribution is -2.43. The van der Waals surface area contributed by atoms with Crippen molar-refractivity contribution in [3.63, 3.8) is 0 Å². The molecular formula is C17H27N3O2. The molecule has 1 heterocycles. The number of ether oxygens (including phenoxy) is 1. The van der Waals surface area contributed by atoms with Gasteiger partial charge in [-0.05, 0) is 52.0 Å². The molecular weight excluding hydrogens is 278 g/mol. The van der Waals surface area contributed by atoms with E-state index in [0.717, 1.165) is 50.2 Å². The maximum Gasteiger partial charge on any atom is 0.241 e. The molecule has 1 aromatic carbocycles. The van der Waals surface area contributed by atoms with E-state index >= 15 is 0 Å². The number of benzene rings is 1. The normalized spacial score (nSPS) is 18.2. The van der Waals surface area contributed by atoms with Crippen LogP contribution in [0, 0.1) is 0 Å². The number of hydrogen-bond donors (Lipinski definition) is 2. The summed E-state index contributed by atoms with van der Waals surface area (Å²) in [5, 5.41) is 6.23. The van der Waals surface area contributed by atoms with Gasteiger partial charge in [-0.1, -0.05) is 12.5 Å². The molecule has 22 heavy (non-hydrogen) atoms. The van der Waals surface area contributed by atoms with E-state index < -0.39 is 0 Å². The Kier molecular flexibility index (Phi) is 6.68. The summed E-state index contributed by atoms with van der Waals surface area (Å²) in [6, 6.07) is 7.54. The van der Waals surface area contributed by atoms with Gasteiger partial charge in [-0.3, -0.25) is 4.79 Å². The minimum Gasteiger partial charge on any atom is -0.493 e. The summed E-state index contributed by atoms with van der Waals surface area (Å²) in [5.74, 6) is 0.845. The molecule has 1 aliphatic heterocycles. The van der Waals surface area contributed by atoms with Crippen molar-refractivity contribution in [2.75, 3.05) is 39.1 Å². The van der Waals surface area contributed by atoms with Crippen molar-refractivity contribution in [2.24, 2.45) is 0 Å². The quantitative estimate of drug-likeness (QED) is 0.758. The molecule has 0 unspecified atom stereocenters. The van der Waals surface area contributed by atoms with Gasteiger partial charge in [0.15, 0.2) is 0 Å². The highest BCUT2D eigenvalue weighted by Gasteiger charge is 2.20. The van der Waals surface area contributed by atoms with Gasteiger partial charge in [-0.15, -0.1) is 0 Å². The van der Waals surface area contributed by atoms with Crippen LogP contribution >= 0.6 is 0 Å². The molecule has 1 fully saturated rings. The van der Waals surface area contributed by atoms with Gasteiger partial charge in [-0.25, -0.2) is 0 Å². The van der Waals surface area contributed by atoms with Crippen molar-refractivity contribution >= 4 is 11.6 Å². The van der Waals surface area contributed by atoms with E-state index in [1.807, 2.05) is 24.3 Å². The minimum absolute atomic E-state index is 0.0458. The van der Waals surface area contributed by atoms with Gasteiger partial charge in [0.2, 0.25) is 5.91 Å². The fourth-order valence-corrected chi connectivity index (χ4v) is 2.54. The molecule has 1 atom stereocenters. The molecule has 0 aliphatic carbocycles. The van der Waals surface area contributed by atoms with Crippen LogP contribution in [0.5, 0.6) is 5.75 Å². The Bertz CT molecular complexity index is 471. The Balaban J connectivity index is 1.81. The van der Waals surface area contributed by atoms with E-state index in [2.05, 4.69) is 29.6 Å². The minimum atomic E-state index is -0.0709. The molecule has 1 aromatic rings. The fourth-order valence-electron chi connectivity index (χ4n) is 2.54. The summed E-state index contributed by atoms with van der Waals surface area (Å²) < 4.78 is 5.73. The molecule has 0 bridgehead atoms. The number of rotatable bonds is 7. The summed E-state index contributed by atoms with van der Waals surface area (Å²) >= 11 is 0. The van der Waals surface area contributed by atoms with Gasteiger partial charge >= 0.3 is 0 Å². The van der Waals surface area contributed by atoms with Crippen LogP contribution in [-0.2, 0) is 4.79 Å². The topological polar surface area (TPSA) is 53.6 Å². The van der Waals surface area contributed by atoms with E-state index in [9.17, 15) is 4.79 Å². The van der Waals surface area contributed by atoms with Gasteiger partial charge in [-0.2, -0.15) is 0 Å². The van der Waals surface area contributed by atoms with Crippen LogP contribution in [0.1, 0.15) is 25.7 Å². The molecule has 1 amide bonds. The highest BCUT2D eigenvalue weighted by molar-refractivity contribution is 5.95. The summed E-state index contributed by atoms with van der Waals surface area (Å²) in [6.07, 6.45) is 4.16. The molecule has 1 saturated heterocycles. The zero-order chi connectivity index (χ0) is 15.8. The van der Waals surface area contributed by atoms with Crippen LogP contribution in [0.15, 0.2) is 24.3 Å². The Hall–Kier alpha value is -1.59. The molecule has 122 valence electrons. The van der Waals surface area contributed by atoms with Crippen LogP contribution in [0.3, 0.4) is 0 Å². The zero-order valence-corrected chi connectivity index (χ0v) is 13.6. The largest absolute Gasteiger partial charge is 0.493 e. The standard InChI is InChI=1S/C17H27N3O2/c1-20(2)11-6-12-22-15-8-5-7-14(13-15)19-17(21)16-9-3-4-10-18-16/h5,7-8,13,16,18H,3-4,6,9-12H2,1-2H3,(H,19,21)/t16-/m1/s1. The molecule has 0 aromatic heterocycles. The number of hydrogen-bond acceptors (Lipinski definition) is 4. The number of nitrogens with one attached hydrogen (secondary N) is 2. The van der Waals surface area contributed by atoms with Crippen molar-refractivity contribution in [2.45, 2.75) is 31.7 Å². The first kappa shape index (κ1) is 16.8. The summed E-state index contributed by atoms with van der Waals surface area (Å²) in [4.78, 5) is 14.3. The molecule has 0 saturated carbocycles. The molecule has 0 spiro atoms. The number of carbonyl (C=O) groups is 1. The van der Waals surface area contributed by atoms with E-state index in [1.165, 1.54) is 0 Å². The fraction of sp³-hybridized carbons (Fsp3) is 0.588. The third-order valence-corrected chi connectivity index (χ3v) is 3.75. The lowest BCUT2D eigenvalue weighted by atomic mass is 10.0. The number of amides is 1. The van der Waals surface area contributed by atoms with E-state index in [4.69, 9.17) is 4.74 Å². The molecule has 2 rings (SSSR count). The lowest BCUT2D eigenvalue weighted by molar-refractivity contribution is -0.118. The summed E-state index contributed by atoms with van der Waals surface area (Å²) in [6.45, 7) is 2.61. The summed E-state index contributed by atoms with van der Waals surface area (Å²) in [7, 11) is 4.10. The number of carbonyl (C=O) groups excluding carboxylic acids is 1. The Morgan fingerprint density at radius 1 is 1.41 bits per heavy atom. The highest BCUT2D eigenvalue weighted by Crippen LogP contribution is 2.18. The second-order valence-electron chi connectivity index (χ2n) is 6.02. The smallest absolute Gasteiger partial charge is 0.241 e. The van der Waals surface area contributed by atoms with Gasteiger partial charge in [0, 0.05) is 18.3 Å². The van der Waals surface area contributed by atoms with Crippen molar-refractivity contribution < 1.29 is 9.53 Å². The van der Waals surface area contributed by atoms with Crippen LogP contribution < -0.4 is 15.4 Å². The molecule has 0 radical (unpaired) electrons. The number of anilines is 1. The monoisotopic (exact) mass is 305 g/mol. The third-order valence-electron chi connectivity index (χ3n) is 3.75. The average molecular weight is 305 g/mol. The lowest BCUT2D eigenvalue weighted by Gasteiger charge is -2.22. The molecule has 5 nitrogen and oxygen atoms in total. The van der Waals surface area contributed by atoms with Crippen molar-refractivity contribution in [3.05, 3.63) is 24.3 Å². The Labute approximate surface area is 133 Å². The first-order valence-electron chi connectivity index (χ1n) is 8.07. The van der Waals surface area contributed by atoms with E-state index in [1.54, 1.807) is 0 Å². The second-order valence-corrected chi connectivity index (χ2v) is 6.02. The van der Waals surface area contributed by atoms with Crippen molar-refractivity contribution in [3.8, 4) is 5.75 Å². The molecule has 2 N–H and O–H groups in total. The SMILES string of the molecule is CN(C)CCCOc1cccc(NC(=O)[C@H]2CCCCN2)c1. The summed E-state index contributed by atoms with van der Waals surface area (Å²) in [5.41, 5.74) is 0.794. The number of piperidine rings is 1. The first-order chi connectivity index (χ1) is 10.6. The third kappa shape index (κ3) is 5.66. The highest BCUT2D eigenvalue weighted by atomic mass is 16.5. The average Bonchev–Trinajstić information content (AvgIpc) is 2.52. The predicted octanol–water partition coefficient (Wildman–Crippen LogP) is 2.10. The maximum atomic E-state index is 12.2. The van der Waals surface area contributed by atoms with Crippen molar-refractivity contribution in [1.29, 1.82) is 0 Å². The van der Waals surface area contributed by atoms with Gasteiger partial charge in [0.1, 0.15) is 5.75 Å². The number of nitrogens with zero attached hydrogens (tertiary/aromatic N) is 1. The maximum absolute atomic E-state index is 12.2. The van der Waals surface area contributed by atoms with E-state index in [-0.39, 0.29) is 11.9 Å². The van der Waals surface area contributed by atoms with Crippen LogP contribution in [0.25, 0.3) is 0 Å². The van der Waals surface area contributed by atoms with Gasteiger partial charge in [0.25, 0.3) is 0 Å². The van der Waals surface area contributed by atoms with Crippen molar-refractivity contribution in [1.82, 2.24) is 10.2 Å². The Morgan fingerprint density at radius 3 is 3.00 bits per heavy atom. The zero-order valence-electron chi connectivity index (χ0n) is 13.6. The van der Waals surface area contributed by atoms with Crippen LogP contribution in [0.4, 0.5) is 5.69 Å². The first-order valence-corrected chi connectivity index (χ1v) is 8.07. The van der Waals surface area contributed by atoms with Gasteiger partial charge in [0.05, 0.1) is 12.6 Å². The van der Waals surface area contributed by atoms with Crippen LogP contribution in [0.2, 0.25) is 0 Å².